The van der Waals surface area contributed by atoms with Crippen LogP contribution in [0.5, 0.6) is 0 Å². The lowest BCUT2D eigenvalue weighted by Gasteiger charge is -2.15. The monoisotopic (exact) mass is 483 g/mol. The number of esters is 1. The fraction of sp³-hybridized carbons (Fsp3) is 0.250. The number of alkyl halides is 6. The van der Waals surface area contributed by atoms with E-state index >= 15 is 0 Å². The number of carbonyl (C=O) groups excluding carboxylic acids is 1. The minimum Gasteiger partial charge on any atom is -0.461 e. The van der Waals surface area contributed by atoms with Gasteiger partial charge in [-0.1, -0.05) is 29.3 Å². The number of fused-ring (bicyclic) bond motifs is 1. The summed E-state index contributed by atoms with van der Waals surface area (Å²) in [6.45, 7) is 1.17. The predicted molar refractivity (Wildman–Crippen MR) is 103 cm³/mol. The number of nitrogens with zero attached hydrogens (tertiary/aromatic N) is 1. The average molecular weight is 484 g/mol. The number of benzene rings is 2. The first-order chi connectivity index (χ1) is 14.3. The molecule has 3 rings (SSSR count). The van der Waals surface area contributed by atoms with E-state index in [1.807, 2.05) is 0 Å². The molecule has 166 valence electrons. The second-order valence-electron chi connectivity index (χ2n) is 6.54. The molecule has 0 atom stereocenters. The molecule has 0 spiro atoms. The summed E-state index contributed by atoms with van der Waals surface area (Å²) in [5.41, 5.74) is -3.33. The summed E-state index contributed by atoms with van der Waals surface area (Å²) in [4.78, 5) is 12.4. The molecule has 3 aromatic rings. The Morgan fingerprint density at radius 3 is 2.19 bits per heavy atom. The summed E-state index contributed by atoms with van der Waals surface area (Å²) >= 11 is 11.8. The van der Waals surface area contributed by atoms with Crippen molar-refractivity contribution in [3.8, 4) is 0 Å². The molecule has 0 N–H and O–H groups in total. The van der Waals surface area contributed by atoms with Gasteiger partial charge in [0.05, 0.1) is 33.3 Å². The number of rotatable bonds is 4. The van der Waals surface area contributed by atoms with Crippen molar-refractivity contribution < 1.29 is 35.9 Å². The Balaban J connectivity index is 2.33. The van der Waals surface area contributed by atoms with Crippen molar-refractivity contribution in [1.29, 1.82) is 0 Å². The number of hydrogen-bond donors (Lipinski definition) is 0. The van der Waals surface area contributed by atoms with Crippen molar-refractivity contribution in [2.45, 2.75) is 25.8 Å². The smallest absolute Gasteiger partial charge is 0.417 e. The van der Waals surface area contributed by atoms with Gasteiger partial charge in [0.15, 0.2) is 0 Å². The molecule has 1 heterocycles. The van der Waals surface area contributed by atoms with E-state index < -0.39 is 40.4 Å². The third-order valence-electron chi connectivity index (χ3n) is 4.46. The van der Waals surface area contributed by atoms with Gasteiger partial charge in [-0.3, -0.25) is 0 Å². The van der Waals surface area contributed by atoms with Crippen LogP contribution >= 0.6 is 23.2 Å². The largest absolute Gasteiger partial charge is 0.461 e. The van der Waals surface area contributed by atoms with Crippen molar-refractivity contribution in [3.63, 3.8) is 0 Å². The van der Waals surface area contributed by atoms with Crippen molar-refractivity contribution in [2.24, 2.45) is 0 Å². The van der Waals surface area contributed by atoms with Gasteiger partial charge in [0.25, 0.3) is 0 Å². The number of hydrogen-bond acceptors (Lipinski definition) is 2. The zero-order valence-corrected chi connectivity index (χ0v) is 17.2. The zero-order chi connectivity index (χ0) is 23.1. The summed E-state index contributed by atoms with van der Waals surface area (Å²) in [5.74, 6) is -0.972. The van der Waals surface area contributed by atoms with E-state index in [1.54, 1.807) is 0 Å². The van der Waals surface area contributed by atoms with Gasteiger partial charge >= 0.3 is 18.3 Å². The molecule has 1 aromatic heterocycles. The molecule has 0 saturated carbocycles. The average Bonchev–Trinajstić information content (AvgIpc) is 3.01. The van der Waals surface area contributed by atoms with Crippen LogP contribution in [0, 0.1) is 0 Å². The van der Waals surface area contributed by atoms with Crippen LogP contribution in [0.3, 0.4) is 0 Å². The van der Waals surface area contributed by atoms with E-state index in [0.29, 0.717) is 11.6 Å². The summed E-state index contributed by atoms with van der Waals surface area (Å²) in [7, 11) is 0. The number of aromatic nitrogens is 1. The minimum absolute atomic E-state index is 0.0285. The molecule has 0 aliphatic rings. The van der Waals surface area contributed by atoms with E-state index in [1.165, 1.54) is 25.1 Å². The lowest BCUT2D eigenvalue weighted by Crippen LogP contribution is -2.14. The van der Waals surface area contributed by atoms with Gasteiger partial charge < -0.3 is 9.30 Å². The Kier molecular flexibility index (Phi) is 6.21. The maximum atomic E-state index is 13.6. The van der Waals surface area contributed by atoms with Gasteiger partial charge in [-0.2, -0.15) is 26.3 Å². The van der Waals surface area contributed by atoms with Crippen LogP contribution < -0.4 is 0 Å². The van der Waals surface area contributed by atoms with Crippen molar-refractivity contribution >= 4 is 40.1 Å². The first-order valence-electron chi connectivity index (χ1n) is 8.75. The molecule has 0 aliphatic heterocycles. The van der Waals surface area contributed by atoms with E-state index in [9.17, 15) is 31.1 Å². The highest BCUT2D eigenvalue weighted by Crippen LogP contribution is 2.41. The maximum Gasteiger partial charge on any atom is 0.417 e. The van der Waals surface area contributed by atoms with Crippen LogP contribution in [-0.4, -0.2) is 17.1 Å². The quantitative estimate of drug-likeness (QED) is 0.290. The summed E-state index contributed by atoms with van der Waals surface area (Å²) in [5, 5.41) is -0.198. The lowest BCUT2D eigenvalue weighted by molar-refractivity contribution is -0.142. The highest BCUT2D eigenvalue weighted by atomic mass is 35.5. The summed E-state index contributed by atoms with van der Waals surface area (Å²) in [6.07, 6.45) is -10.1. The second kappa shape index (κ2) is 8.27. The Labute approximate surface area is 182 Å². The Morgan fingerprint density at radius 2 is 1.65 bits per heavy atom. The molecular formula is C20H13Cl2F6NO2. The van der Waals surface area contributed by atoms with Crippen LogP contribution in [0.2, 0.25) is 10.0 Å². The molecule has 3 nitrogen and oxygen atoms in total. The molecule has 0 bridgehead atoms. The van der Waals surface area contributed by atoms with Crippen molar-refractivity contribution in [2.75, 3.05) is 6.61 Å². The molecule has 0 amide bonds. The SMILES string of the molecule is CCOC(=O)c1cc2c(C(F)(F)F)cc(C(F)(F)F)cc2n1Cc1ccc(Cl)c(Cl)c1. The second-order valence-corrected chi connectivity index (χ2v) is 7.35. The van der Waals surface area contributed by atoms with Gasteiger partial charge in [0.2, 0.25) is 0 Å². The Morgan fingerprint density at radius 1 is 0.968 bits per heavy atom. The van der Waals surface area contributed by atoms with Crippen LogP contribution in [0.1, 0.15) is 34.1 Å². The maximum absolute atomic E-state index is 13.6. The van der Waals surface area contributed by atoms with Gasteiger partial charge in [-0.05, 0) is 42.8 Å². The van der Waals surface area contributed by atoms with Gasteiger partial charge in [-0.15, -0.1) is 0 Å². The third kappa shape index (κ3) is 4.77. The van der Waals surface area contributed by atoms with Crippen LogP contribution in [0.15, 0.2) is 36.4 Å². The van der Waals surface area contributed by atoms with Gasteiger partial charge in [0, 0.05) is 11.9 Å². The van der Waals surface area contributed by atoms with Crippen molar-refractivity contribution in [1.82, 2.24) is 4.57 Å². The third-order valence-corrected chi connectivity index (χ3v) is 5.20. The molecule has 0 unspecified atom stereocenters. The number of halogens is 8. The number of ether oxygens (including phenoxy) is 1. The van der Waals surface area contributed by atoms with E-state index in [0.717, 1.165) is 10.6 Å². The lowest BCUT2D eigenvalue weighted by atomic mass is 10.0. The summed E-state index contributed by atoms with van der Waals surface area (Å²) < 4.78 is 86.6. The molecule has 0 fully saturated rings. The van der Waals surface area contributed by atoms with Gasteiger partial charge in [-0.25, -0.2) is 4.79 Å². The molecule has 0 saturated heterocycles. The van der Waals surface area contributed by atoms with Gasteiger partial charge in [0.1, 0.15) is 5.69 Å². The molecule has 11 heteroatoms. The zero-order valence-electron chi connectivity index (χ0n) is 15.7. The molecule has 0 aliphatic carbocycles. The van der Waals surface area contributed by atoms with E-state index in [4.69, 9.17) is 27.9 Å². The predicted octanol–water partition coefficient (Wildman–Crippen LogP) is 7.21. The molecule has 31 heavy (non-hydrogen) atoms. The van der Waals surface area contributed by atoms with E-state index in [-0.39, 0.29) is 35.0 Å². The first kappa shape index (κ1) is 23.3. The van der Waals surface area contributed by atoms with Crippen LogP contribution in [0.4, 0.5) is 26.3 Å². The number of carbonyl (C=O) groups is 1. The van der Waals surface area contributed by atoms with E-state index in [2.05, 4.69) is 0 Å². The Bertz CT molecular complexity index is 1150. The highest BCUT2D eigenvalue weighted by molar-refractivity contribution is 6.42. The van der Waals surface area contributed by atoms with Crippen LogP contribution in [0.25, 0.3) is 10.9 Å². The fourth-order valence-corrected chi connectivity index (χ4v) is 3.44. The standard InChI is InChI=1S/C20H13Cl2F6NO2/c1-2-31-18(30)17-8-12-13(20(26,27)28)6-11(19(23,24)25)7-16(12)29(17)9-10-3-4-14(21)15(22)5-10/h3-8H,2,9H2,1H3. The normalized spacial score (nSPS) is 12.4. The van der Waals surface area contributed by atoms with Crippen LogP contribution in [-0.2, 0) is 23.6 Å². The fourth-order valence-electron chi connectivity index (χ4n) is 3.12. The molecule has 0 radical (unpaired) electrons. The highest BCUT2D eigenvalue weighted by Gasteiger charge is 2.39. The summed E-state index contributed by atoms with van der Waals surface area (Å²) in [6, 6.07) is 5.81. The molecule has 2 aromatic carbocycles. The topological polar surface area (TPSA) is 31.2 Å². The molecular weight excluding hydrogens is 471 g/mol. The first-order valence-corrected chi connectivity index (χ1v) is 9.51. The van der Waals surface area contributed by atoms with Crippen molar-refractivity contribution in [3.05, 3.63) is 68.8 Å². The minimum atomic E-state index is -5.08. The Hall–Kier alpha value is -2.39.